The third-order valence-corrected chi connectivity index (χ3v) is 5.48. The van der Waals surface area contributed by atoms with Crippen LogP contribution in [0.1, 0.15) is 57.5 Å². The molecule has 0 aliphatic carbocycles. The first-order valence-corrected chi connectivity index (χ1v) is 10.0. The van der Waals surface area contributed by atoms with Crippen LogP contribution in [0.15, 0.2) is 10.7 Å². The van der Waals surface area contributed by atoms with Gasteiger partial charge >= 0.3 is 6.01 Å². The number of piperidine rings is 1. The van der Waals surface area contributed by atoms with E-state index in [0.29, 0.717) is 30.2 Å². The Balaban J connectivity index is 1.43. The van der Waals surface area contributed by atoms with Crippen molar-refractivity contribution >= 4 is 17.6 Å². The topological polar surface area (TPSA) is 77.2 Å². The van der Waals surface area contributed by atoms with Crippen LogP contribution < -0.4 is 9.64 Å². The first-order valence-electron chi connectivity index (χ1n) is 9.64. The van der Waals surface area contributed by atoms with Gasteiger partial charge in [0.15, 0.2) is 11.6 Å². The summed E-state index contributed by atoms with van der Waals surface area (Å²) in [6, 6.07) is 0.659. The van der Waals surface area contributed by atoms with E-state index < -0.39 is 0 Å². The molecule has 3 rings (SSSR count). The maximum atomic E-state index is 5.84. The first-order chi connectivity index (χ1) is 12.9. The number of aromatic nitrogens is 4. The van der Waals surface area contributed by atoms with E-state index in [4.69, 9.17) is 20.9 Å². The van der Waals surface area contributed by atoms with E-state index in [2.05, 4.69) is 45.8 Å². The van der Waals surface area contributed by atoms with Crippen molar-refractivity contribution in [1.82, 2.24) is 20.1 Å². The molecule has 0 N–H and O–H groups in total. The minimum Gasteiger partial charge on any atom is -0.490 e. The predicted molar refractivity (Wildman–Crippen MR) is 104 cm³/mol. The van der Waals surface area contributed by atoms with Crippen LogP contribution in [0.5, 0.6) is 5.75 Å². The average Bonchev–Trinajstić information content (AvgIpc) is 3.14. The highest BCUT2D eigenvalue weighted by Gasteiger charge is 2.26. The van der Waals surface area contributed by atoms with Crippen molar-refractivity contribution in [3.63, 3.8) is 0 Å². The molecule has 0 aromatic carbocycles. The van der Waals surface area contributed by atoms with Crippen LogP contribution in [0.2, 0.25) is 5.28 Å². The average molecular weight is 394 g/mol. The molecule has 0 spiro atoms. The van der Waals surface area contributed by atoms with Crippen molar-refractivity contribution < 1.29 is 9.26 Å². The summed E-state index contributed by atoms with van der Waals surface area (Å²) in [5.74, 6) is 3.04. The lowest BCUT2D eigenvalue weighted by Gasteiger charge is -2.33. The molecule has 27 heavy (non-hydrogen) atoms. The summed E-state index contributed by atoms with van der Waals surface area (Å²) in [5, 5.41) is 4.32. The maximum absolute atomic E-state index is 5.84. The summed E-state index contributed by atoms with van der Waals surface area (Å²) in [4.78, 5) is 14.8. The Morgan fingerprint density at radius 1 is 1.26 bits per heavy atom. The molecular weight excluding hydrogens is 366 g/mol. The van der Waals surface area contributed by atoms with Gasteiger partial charge in [0.05, 0.1) is 18.5 Å². The molecule has 0 bridgehead atoms. The number of hydrogen-bond acceptors (Lipinski definition) is 7. The molecule has 2 aromatic rings. The summed E-state index contributed by atoms with van der Waals surface area (Å²) >= 11 is 5.78. The Morgan fingerprint density at radius 3 is 2.63 bits per heavy atom. The van der Waals surface area contributed by atoms with Crippen LogP contribution in [-0.2, 0) is 0 Å². The van der Waals surface area contributed by atoms with Gasteiger partial charge in [-0.1, -0.05) is 25.9 Å². The van der Waals surface area contributed by atoms with E-state index >= 15 is 0 Å². The van der Waals surface area contributed by atoms with Gasteiger partial charge in [-0.3, -0.25) is 0 Å². The Morgan fingerprint density at radius 2 is 2.00 bits per heavy atom. The quantitative estimate of drug-likeness (QED) is 0.650. The summed E-state index contributed by atoms with van der Waals surface area (Å²) < 4.78 is 11.3. The zero-order valence-corrected chi connectivity index (χ0v) is 17.2. The van der Waals surface area contributed by atoms with Crippen LogP contribution in [0.3, 0.4) is 0 Å². The third kappa shape index (κ3) is 5.09. The van der Waals surface area contributed by atoms with Crippen molar-refractivity contribution in [3.05, 3.63) is 23.0 Å². The van der Waals surface area contributed by atoms with Gasteiger partial charge in [0.25, 0.3) is 0 Å². The number of hydrogen-bond donors (Lipinski definition) is 0. The second-order valence-electron chi connectivity index (χ2n) is 7.62. The monoisotopic (exact) mass is 393 g/mol. The second kappa shape index (κ2) is 8.87. The Kier molecular flexibility index (Phi) is 6.52. The van der Waals surface area contributed by atoms with Crippen LogP contribution in [-0.4, -0.2) is 39.8 Å². The molecule has 8 heteroatoms. The van der Waals surface area contributed by atoms with Gasteiger partial charge < -0.3 is 14.2 Å². The molecule has 2 aromatic heterocycles. The van der Waals surface area contributed by atoms with E-state index in [9.17, 15) is 0 Å². The lowest BCUT2D eigenvalue weighted by atomic mass is 9.84. The highest BCUT2D eigenvalue weighted by molar-refractivity contribution is 6.28. The molecule has 1 aliphatic heterocycles. The predicted octanol–water partition coefficient (Wildman–Crippen LogP) is 4.27. The van der Waals surface area contributed by atoms with Crippen LogP contribution in [0.4, 0.5) is 6.01 Å². The van der Waals surface area contributed by atoms with Crippen molar-refractivity contribution in [2.24, 2.45) is 11.8 Å². The molecule has 1 fully saturated rings. The van der Waals surface area contributed by atoms with Gasteiger partial charge in [-0.25, -0.2) is 9.97 Å². The zero-order valence-electron chi connectivity index (χ0n) is 16.5. The SMILES string of the molecule is Cc1nc(Cl)ncc1OCCC(C)C1CCN(c2nc(C(C)C)no2)CC1. The van der Waals surface area contributed by atoms with Crippen LogP contribution in [0.25, 0.3) is 0 Å². The molecule has 1 unspecified atom stereocenters. The zero-order chi connectivity index (χ0) is 19.4. The minimum absolute atomic E-state index is 0.252. The Bertz CT molecular complexity index is 743. The molecule has 1 atom stereocenters. The molecule has 0 saturated carbocycles. The summed E-state index contributed by atoms with van der Waals surface area (Å²) in [6.07, 6.45) is 4.90. The van der Waals surface area contributed by atoms with E-state index in [1.807, 2.05) is 6.92 Å². The van der Waals surface area contributed by atoms with E-state index in [-0.39, 0.29) is 11.2 Å². The standard InChI is InChI=1S/C19H28ClN5O2/c1-12(2)17-23-19(27-24-17)25-8-5-15(6-9-25)13(3)7-10-26-16-11-21-18(20)22-14(16)4/h11-13,15H,5-10H2,1-4H3. The largest absolute Gasteiger partial charge is 0.490 e. The number of nitrogens with zero attached hydrogens (tertiary/aromatic N) is 5. The smallest absolute Gasteiger partial charge is 0.324 e. The number of halogens is 1. The van der Waals surface area contributed by atoms with Crippen LogP contribution in [0, 0.1) is 18.8 Å². The second-order valence-corrected chi connectivity index (χ2v) is 7.96. The van der Waals surface area contributed by atoms with E-state index in [0.717, 1.165) is 43.9 Å². The lowest BCUT2D eigenvalue weighted by Crippen LogP contribution is -2.36. The van der Waals surface area contributed by atoms with Gasteiger partial charge in [-0.2, -0.15) is 4.98 Å². The van der Waals surface area contributed by atoms with Crippen molar-refractivity contribution in [3.8, 4) is 5.75 Å². The van der Waals surface area contributed by atoms with Gasteiger partial charge in [0.1, 0.15) is 0 Å². The maximum Gasteiger partial charge on any atom is 0.324 e. The Hall–Kier alpha value is -1.89. The van der Waals surface area contributed by atoms with Crippen molar-refractivity contribution in [1.29, 1.82) is 0 Å². The highest BCUT2D eigenvalue weighted by Crippen LogP contribution is 2.29. The van der Waals surface area contributed by atoms with Gasteiger partial charge in [0, 0.05) is 19.0 Å². The van der Waals surface area contributed by atoms with E-state index in [1.165, 1.54) is 0 Å². The van der Waals surface area contributed by atoms with Crippen LogP contribution >= 0.6 is 11.6 Å². The molecule has 148 valence electrons. The Labute approximate surface area is 165 Å². The van der Waals surface area contributed by atoms with Crippen molar-refractivity contribution in [2.45, 2.75) is 52.9 Å². The number of aryl methyl sites for hydroxylation is 1. The van der Waals surface area contributed by atoms with Crippen molar-refractivity contribution in [2.75, 3.05) is 24.6 Å². The van der Waals surface area contributed by atoms with E-state index in [1.54, 1.807) is 6.20 Å². The highest BCUT2D eigenvalue weighted by atomic mass is 35.5. The summed E-state index contributed by atoms with van der Waals surface area (Å²) in [6.45, 7) is 10.9. The van der Waals surface area contributed by atoms with Gasteiger partial charge in [-0.05, 0) is 49.6 Å². The fourth-order valence-corrected chi connectivity index (χ4v) is 3.58. The molecule has 3 heterocycles. The number of anilines is 1. The summed E-state index contributed by atoms with van der Waals surface area (Å²) in [7, 11) is 0. The van der Waals surface area contributed by atoms with Gasteiger partial charge in [-0.15, -0.1) is 0 Å². The molecule has 0 amide bonds. The number of ether oxygens (including phenoxy) is 1. The molecular formula is C19H28ClN5O2. The summed E-state index contributed by atoms with van der Waals surface area (Å²) in [5.41, 5.74) is 0.774. The molecule has 7 nitrogen and oxygen atoms in total. The third-order valence-electron chi connectivity index (χ3n) is 5.30. The van der Waals surface area contributed by atoms with Gasteiger partial charge in [0.2, 0.25) is 5.28 Å². The normalized spacial score (nSPS) is 16.7. The lowest BCUT2D eigenvalue weighted by molar-refractivity contribution is 0.219. The number of rotatable bonds is 7. The fraction of sp³-hybridized carbons (Fsp3) is 0.684. The minimum atomic E-state index is 0.252. The first kappa shape index (κ1) is 19.9. The molecule has 0 radical (unpaired) electrons. The molecule has 1 aliphatic rings. The fourth-order valence-electron chi connectivity index (χ4n) is 3.41. The molecule has 1 saturated heterocycles.